The van der Waals surface area contributed by atoms with Gasteiger partial charge in [-0.1, -0.05) is 31.0 Å². The van der Waals surface area contributed by atoms with E-state index >= 15 is 0 Å². The quantitative estimate of drug-likeness (QED) is 0.432. The summed E-state index contributed by atoms with van der Waals surface area (Å²) in [6.07, 6.45) is 1.62. The van der Waals surface area contributed by atoms with E-state index in [1.807, 2.05) is 0 Å². The normalized spacial score (nSPS) is 23.3. The van der Waals surface area contributed by atoms with Crippen LogP contribution < -0.4 is 0 Å². The Morgan fingerprint density at radius 3 is 2.23 bits per heavy atom. The van der Waals surface area contributed by atoms with E-state index < -0.39 is 41.2 Å². The van der Waals surface area contributed by atoms with E-state index in [2.05, 4.69) is 3.63 Å². The largest absolute Gasteiger partial charge is 0.523 e. The van der Waals surface area contributed by atoms with Gasteiger partial charge < -0.3 is 0 Å². The lowest BCUT2D eigenvalue weighted by Crippen LogP contribution is -2.32. The molecule has 0 aromatic heterocycles. The fourth-order valence-electron chi connectivity index (χ4n) is 2.57. The summed E-state index contributed by atoms with van der Waals surface area (Å²) < 4.78 is 107. The van der Waals surface area contributed by atoms with E-state index in [9.17, 15) is 34.8 Å². The number of aryl methyl sites for hydroxylation is 1. The minimum atomic E-state index is -6.46. The maximum atomic E-state index is 14.0. The van der Waals surface area contributed by atoms with Crippen LogP contribution in [0.1, 0.15) is 37.3 Å². The number of hydrogen-bond acceptors (Lipinski definition) is 3. The summed E-state index contributed by atoms with van der Waals surface area (Å²) in [7, 11) is -11.3. The van der Waals surface area contributed by atoms with Crippen molar-refractivity contribution in [1.82, 2.24) is 0 Å². The molecule has 0 spiro atoms. The Labute approximate surface area is 148 Å². The lowest BCUT2D eigenvalue weighted by Gasteiger charge is -2.39. The minimum absolute atomic E-state index is 0.0285. The first-order valence-electron chi connectivity index (χ1n) is 7.49. The number of allylic oxidation sites excluding steroid dienone is 1. The number of unbranched alkanes of at least 4 members (excludes halogenated alkanes) is 1. The summed E-state index contributed by atoms with van der Waals surface area (Å²) in [5.74, 6) is 0. The molecule has 1 aliphatic heterocycles. The molecule has 0 bridgehead atoms. The number of rotatable bonds is 5. The second-order valence-electron chi connectivity index (χ2n) is 5.73. The zero-order valence-corrected chi connectivity index (χ0v) is 15.4. The van der Waals surface area contributed by atoms with Gasteiger partial charge in [-0.05, 0) is 37.5 Å². The molecule has 26 heavy (non-hydrogen) atoms. The smallest absolute Gasteiger partial charge is 0.196 e. The molecule has 1 atom stereocenters. The summed E-state index contributed by atoms with van der Waals surface area (Å²) >= 11 is 0. The van der Waals surface area contributed by atoms with Gasteiger partial charge in [0.2, 0.25) is 0 Å². The van der Waals surface area contributed by atoms with Gasteiger partial charge in [-0.2, -0.15) is 38.4 Å². The molecule has 0 radical (unpaired) electrons. The number of halogens is 6. The third-order valence-electron chi connectivity index (χ3n) is 3.74. The molecule has 0 saturated heterocycles. The van der Waals surface area contributed by atoms with Crippen LogP contribution in [-0.4, -0.2) is 19.4 Å². The van der Waals surface area contributed by atoms with Gasteiger partial charge in [0.25, 0.3) is 0 Å². The van der Waals surface area contributed by atoms with Gasteiger partial charge in [-0.25, -0.2) is 0 Å². The van der Waals surface area contributed by atoms with E-state index in [4.69, 9.17) is 0 Å². The number of hydrogen-bond donors (Lipinski definition) is 0. The molecule has 1 aromatic rings. The Kier molecular flexibility index (Phi) is 5.48. The van der Waals surface area contributed by atoms with Crippen LogP contribution >= 0.6 is 10.3 Å². The molecule has 1 aliphatic rings. The van der Waals surface area contributed by atoms with Crippen LogP contribution in [0.5, 0.6) is 0 Å². The summed E-state index contributed by atoms with van der Waals surface area (Å²) in [6, 6.07) is 3.65. The van der Waals surface area contributed by atoms with Crippen molar-refractivity contribution in [2.75, 3.05) is 0 Å². The predicted octanol–water partition coefficient (Wildman–Crippen LogP) is 6.00. The molecule has 0 saturated carbocycles. The molecule has 148 valence electrons. The second kappa shape index (κ2) is 6.75. The standard InChI is InChI=1S/C15H16F6O3S2/c1-3-4-5-12-9-11-8-10(2)6-7-13(11)25(12,14(16,17)18)24-26(22,23)15(19,20)21/h6-9H,3-5H2,1-2H3. The third-order valence-corrected chi connectivity index (χ3v) is 8.54. The number of alkyl halides is 6. The summed E-state index contributed by atoms with van der Waals surface area (Å²) in [5, 5.41) is 0. The molecule has 2 rings (SSSR count). The van der Waals surface area contributed by atoms with E-state index in [-0.39, 0.29) is 18.4 Å². The molecule has 3 nitrogen and oxygen atoms in total. The van der Waals surface area contributed by atoms with Gasteiger partial charge in [0.05, 0.1) is 0 Å². The number of benzene rings is 1. The van der Waals surface area contributed by atoms with Gasteiger partial charge in [0, 0.05) is 20.1 Å². The molecule has 0 fully saturated rings. The Hall–Kier alpha value is -1.20. The average Bonchev–Trinajstić information content (AvgIpc) is 2.77. The first-order chi connectivity index (χ1) is 11.8. The van der Waals surface area contributed by atoms with Crippen molar-refractivity contribution in [1.29, 1.82) is 0 Å². The Morgan fingerprint density at radius 1 is 1.12 bits per heavy atom. The highest BCUT2D eigenvalue weighted by Gasteiger charge is 2.63. The first-order valence-corrected chi connectivity index (χ1v) is 10.5. The van der Waals surface area contributed by atoms with Crippen molar-refractivity contribution in [2.45, 2.75) is 49.0 Å². The highest BCUT2D eigenvalue weighted by Crippen LogP contribution is 2.78. The average molecular weight is 422 g/mol. The highest BCUT2D eigenvalue weighted by atomic mass is 32.3. The molecule has 1 aromatic carbocycles. The van der Waals surface area contributed by atoms with Crippen molar-refractivity contribution >= 4 is 26.5 Å². The van der Waals surface area contributed by atoms with E-state index in [0.717, 1.165) is 12.1 Å². The highest BCUT2D eigenvalue weighted by molar-refractivity contribution is 8.37. The molecule has 11 heteroatoms. The Balaban J connectivity index is 2.75. The maximum Gasteiger partial charge on any atom is 0.523 e. The van der Waals surface area contributed by atoms with Crippen molar-refractivity contribution in [3.63, 3.8) is 0 Å². The molecular formula is C15H16F6O3S2. The molecule has 0 amide bonds. The monoisotopic (exact) mass is 422 g/mol. The van der Waals surface area contributed by atoms with Gasteiger partial charge in [-0.3, -0.25) is 0 Å². The van der Waals surface area contributed by atoms with Crippen LogP contribution in [-0.2, 0) is 13.7 Å². The van der Waals surface area contributed by atoms with Crippen molar-refractivity contribution in [3.8, 4) is 0 Å². The summed E-state index contributed by atoms with van der Waals surface area (Å²) in [5.41, 5.74) is -10.7. The fraction of sp³-hybridized carbons (Fsp3) is 0.467. The van der Waals surface area contributed by atoms with Crippen LogP contribution in [0.2, 0.25) is 0 Å². The van der Waals surface area contributed by atoms with Crippen LogP contribution in [0.4, 0.5) is 26.3 Å². The van der Waals surface area contributed by atoms with Crippen molar-refractivity contribution in [2.24, 2.45) is 0 Å². The van der Waals surface area contributed by atoms with Crippen molar-refractivity contribution < 1.29 is 38.4 Å². The van der Waals surface area contributed by atoms with Crippen LogP contribution in [0.15, 0.2) is 28.0 Å². The molecule has 0 aliphatic carbocycles. The Morgan fingerprint density at radius 2 is 1.73 bits per heavy atom. The van der Waals surface area contributed by atoms with Crippen molar-refractivity contribution in [3.05, 3.63) is 34.2 Å². The van der Waals surface area contributed by atoms with E-state index in [1.165, 1.54) is 12.1 Å². The van der Waals surface area contributed by atoms with Crippen LogP contribution in [0, 0.1) is 6.92 Å². The van der Waals surface area contributed by atoms with Crippen LogP contribution in [0.25, 0.3) is 6.08 Å². The van der Waals surface area contributed by atoms with Gasteiger partial charge in [0.1, 0.15) is 0 Å². The zero-order valence-electron chi connectivity index (χ0n) is 13.7. The van der Waals surface area contributed by atoms with Gasteiger partial charge in [-0.15, -0.1) is 0 Å². The summed E-state index contributed by atoms with van der Waals surface area (Å²) in [6.45, 7) is 3.31. The topological polar surface area (TPSA) is 43.4 Å². The maximum absolute atomic E-state index is 14.0. The Bertz CT molecular complexity index is 827. The molecule has 0 N–H and O–H groups in total. The molecule has 1 heterocycles. The second-order valence-corrected chi connectivity index (χ2v) is 10.2. The first kappa shape index (κ1) is 21.1. The fourth-order valence-corrected chi connectivity index (χ4v) is 7.17. The lowest BCUT2D eigenvalue weighted by molar-refractivity contribution is -0.0546. The minimum Gasteiger partial charge on any atom is -0.196 e. The molecule has 1 unspecified atom stereocenters. The van der Waals surface area contributed by atoms with Gasteiger partial charge in [0.15, 0.2) is 0 Å². The predicted molar refractivity (Wildman–Crippen MR) is 86.7 cm³/mol. The third kappa shape index (κ3) is 3.48. The molecular weight excluding hydrogens is 406 g/mol. The summed E-state index contributed by atoms with van der Waals surface area (Å²) in [4.78, 5) is -1.05. The van der Waals surface area contributed by atoms with E-state index in [0.29, 0.717) is 12.0 Å². The van der Waals surface area contributed by atoms with Gasteiger partial charge >= 0.3 is 21.1 Å². The lowest BCUT2D eigenvalue weighted by atomic mass is 10.1. The van der Waals surface area contributed by atoms with Crippen LogP contribution in [0.3, 0.4) is 0 Å². The van der Waals surface area contributed by atoms with E-state index in [1.54, 1.807) is 13.8 Å². The number of fused-ring (bicyclic) bond motifs is 1. The SMILES string of the molecule is CCCCC1=Cc2cc(C)ccc2S1(OS(=O)(=O)C(F)(F)F)C(F)(F)F. The zero-order chi connectivity index (χ0) is 20.0.